The van der Waals surface area contributed by atoms with E-state index >= 15 is 0 Å². The largest absolute Gasteiger partial charge is 0.335 e. The van der Waals surface area contributed by atoms with Crippen LogP contribution in [0.3, 0.4) is 0 Å². The molecule has 1 amide bonds. The van der Waals surface area contributed by atoms with Crippen molar-refractivity contribution in [2.45, 2.75) is 13.5 Å². The highest BCUT2D eigenvalue weighted by molar-refractivity contribution is 6.34. The van der Waals surface area contributed by atoms with Gasteiger partial charge in [-0.2, -0.15) is 5.10 Å². The van der Waals surface area contributed by atoms with E-state index in [1.807, 2.05) is 12.3 Å². The second-order valence-electron chi connectivity index (χ2n) is 5.44. The van der Waals surface area contributed by atoms with Crippen molar-refractivity contribution in [1.29, 1.82) is 0 Å². The number of hydrogen-bond acceptors (Lipinski definition) is 4. The lowest BCUT2D eigenvalue weighted by Gasteiger charge is -2.34. The van der Waals surface area contributed by atoms with Gasteiger partial charge in [-0.25, -0.2) is 0 Å². The molecule has 1 saturated heterocycles. The number of aryl methyl sites for hydroxylation is 1. The number of nitrogens with one attached hydrogen (secondary N) is 1. The van der Waals surface area contributed by atoms with Crippen molar-refractivity contribution in [3.05, 3.63) is 46.5 Å². The summed E-state index contributed by atoms with van der Waals surface area (Å²) in [4.78, 5) is 20.7. The molecule has 3 heterocycles. The molecule has 7 heteroatoms. The molecule has 0 aromatic carbocycles. The smallest absolute Gasteiger partial charge is 0.276 e. The number of amides is 1. The van der Waals surface area contributed by atoms with Crippen molar-refractivity contribution in [2.24, 2.45) is 0 Å². The number of pyridine rings is 1. The van der Waals surface area contributed by atoms with Crippen LogP contribution in [0.15, 0.2) is 24.5 Å². The van der Waals surface area contributed by atoms with Crippen LogP contribution in [0.4, 0.5) is 0 Å². The van der Waals surface area contributed by atoms with E-state index in [9.17, 15) is 4.79 Å². The van der Waals surface area contributed by atoms with Gasteiger partial charge in [0.05, 0.1) is 10.7 Å². The van der Waals surface area contributed by atoms with Crippen LogP contribution >= 0.6 is 11.6 Å². The first-order valence-electron chi connectivity index (χ1n) is 7.26. The highest BCUT2D eigenvalue weighted by Crippen LogP contribution is 2.19. The monoisotopic (exact) mass is 319 g/mol. The third-order valence-electron chi connectivity index (χ3n) is 3.86. The quantitative estimate of drug-likeness (QED) is 0.935. The molecule has 3 rings (SSSR count). The molecule has 116 valence electrons. The zero-order chi connectivity index (χ0) is 15.5. The number of carbonyl (C=O) groups is 1. The number of rotatable bonds is 3. The van der Waals surface area contributed by atoms with Gasteiger partial charge in [0.25, 0.3) is 5.91 Å². The minimum absolute atomic E-state index is 0.102. The average molecular weight is 320 g/mol. The number of hydrogen-bond donors (Lipinski definition) is 1. The highest BCUT2D eigenvalue weighted by Gasteiger charge is 2.26. The maximum Gasteiger partial charge on any atom is 0.276 e. The molecule has 0 unspecified atom stereocenters. The Balaban J connectivity index is 1.57. The summed E-state index contributed by atoms with van der Waals surface area (Å²) in [6, 6.07) is 4.01. The predicted octanol–water partition coefficient (Wildman–Crippen LogP) is 1.72. The van der Waals surface area contributed by atoms with Crippen LogP contribution in [0, 0.1) is 6.92 Å². The van der Waals surface area contributed by atoms with E-state index in [2.05, 4.69) is 26.1 Å². The summed E-state index contributed by atoms with van der Waals surface area (Å²) in [5, 5.41) is 7.18. The van der Waals surface area contributed by atoms with E-state index in [4.69, 9.17) is 11.6 Å². The van der Waals surface area contributed by atoms with Gasteiger partial charge in [-0.15, -0.1) is 0 Å². The van der Waals surface area contributed by atoms with Crippen molar-refractivity contribution in [2.75, 3.05) is 26.2 Å². The second-order valence-corrected chi connectivity index (χ2v) is 5.82. The fourth-order valence-corrected chi connectivity index (χ4v) is 2.73. The van der Waals surface area contributed by atoms with Crippen molar-refractivity contribution >= 4 is 17.5 Å². The number of carbonyl (C=O) groups excluding carboxylic acids is 1. The van der Waals surface area contributed by atoms with Gasteiger partial charge < -0.3 is 4.90 Å². The normalized spacial score (nSPS) is 16.0. The molecule has 1 aliphatic rings. The summed E-state index contributed by atoms with van der Waals surface area (Å²) in [6.45, 7) is 5.70. The van der Waals surface area contributed by atoms with E-state index in [0.29, 0.717) is 23.8 Å². The molecule has 1 fully saturated rings. The van der Waals surface area contributed by atoms with E-state index in [0.717, 1.165) is 25.3 Å². The number of nitrogens with zero attached hydrogens (tertiary/aromatic N) is 4. The molecule has 0 radical (unpaired) electrons. The lowest BCUT2D eigenvalue weighted by molar-refractivity contribution is 0.0622. The van der Waals surface area contributed by atoms with E-state index in [1.54, 1.807) is 18.0 Å². The molecule has 1 N–H and O–H groups in total. The van der Waals surface area contributed by atoms with Gasteiger partial charge in [0.15, 0.2) is 5.69 Å². The fraction of sp³-hybridized carbons (Fsp3) is 0.400. The topological polar surface area (TPSA) is 65.1 Å². The first kappa shape index (κ1) is 15.0. The number of piperazine rings is 1. The van der Waals surface area contributed by atoms with Gasteiger partial charge in [-0.05, 0) is 18.6 Å². The van der Waals surface area contributed by atoms with Crippen molar-refractivity contribution in [3.63, 3.8) is 0 Å². The first-order chi connectivity index (χ1) is 10.6. The van der Waals surface area contributed by atoms with E-state index in [-0.39, 0.29) is 5.91 Å². The van der Waals surface area contributed by atoms with Gasteiger partial charge in [-0.3, -0.25) is 19.8 Å². The Kier molecular flexibility index (Phi) is 4.40. The molecule has 2 aromatic rings. The Hall–Kier alpha value is -1.92. The summed E-state index contributed by atoms with van der Waals surface area (Å²) in [7, 11) is 0. The Morgan fingerprint density at radius 1 is 1.36 bits per heavy atom. The van der Waals surface area contributed by atoms with Gasteiger partial charge in [0.1, 0.15) is 0 Å². The number of aromatic nitrogens is 3. The number of aromatic amines is 1. The zero-order valence-corrected chi connectivity index (χ0v) is 13.2. The molecule has 1 aliphatic heterocycles. The average Bonchev–Trinajstić information content (AvgIpc) is 2.88. The Labute approximate surface area is 134 Å². The third kappa shape index (κ3) is 3.13. The minimum atomic E-state index is -0.102. The van der Waals surface area contributed by atoms with Crippen LogP contribution in [0.5, 0.6) is 0 Å². The standard InChI is InChI=1S/C15H18ClN5O/c1-11-13(16)14(19-18-11)15(22)21-7-5-20(6-8-21)10-12-3-2-4-17-9-12/h2-4,9H,5-8,10H2,1H3,(H,18,19). The summed E-state index contributed by atoms with van der Waals surface area (Å²) in [6.07, 6.45) is 3.65. The summed E-state index contributed by atoms with van der Waals surface area (Å²) >= 11 is 6.10. The van der Waals surface area contributed by atoms with E-state index < -0.39 is 0 Å². The number of halogens is 1. The predicted molar refractivity (Wildman–Crippen MR) is 83.8 cm³/mol. The Morgan fingerprint density at radius 2 is 2.14 bits per heavy atom. The van der Waals surface area contributed by atoms with Crippen LogP contribution in [-0.2, 0) is 6.54 Å². The van der Waals surface area contributed by atoms with Crippen LogP contribution < -0.4 is 0 Å². The molecule has 0 saturated carbocycles. The molecule has 6 nitrogen and oxygen atoms in total. The SMILES string of the molecule is Cc1[nH]nc(C(=O)N2CCN(Cc3cccnc3)CC2)c1Cl. The van der Waals surface area contributed by atoms with Crippen molar-refractivity contribution in [3.8, 4) is 0 Å². The summed E-state index contributed by atoms with van der Waals surface area (Å²) in [5.41, 5.74) is 2.23. The maximum atomic E-state index is 12.4. The summed E-state index contributed by atoms with van der Waals surface area (Å²) < 4.78 is 0. The minimum Gasteiger partial charge on any atom is -0.335 e. The highest BCUT2D eigenvalue weighted by atomic mass is 35.5. The molecule has 0 spiro atoms. The van der Waals surface area contributed by atoms with Crippen LogP contribution in [0.25, 0.3) is 0 Å². The van der Waals surface area contributed by atoms with Crippen molar-refractivity contribution in [1.82, 2.24) is 25.0 Å². The first-order valence-corrected chi connectivity index (χ1v) is 7.64. The van der Waals surface area contributed by atoms with Crippen LogP contribution in [-0.4, -0.2) is 57.1 Å². The second kappa shape index (κ2) is 6.46. The molecule has 0 bridgehead atoms. The molecule has 0 aliphatic carbocycles. The van der Waals surface area contributed by atoms with Crippen molar-refractivity contribution < 1.29 is 4.79 Å². The van der Waals surface area contributed by atoms with Crippen LogP contribution in [0.1, 0.15) is 21.7 Å². The molecule has 22 heavy (non-hydrogen) atoms. The molecular weight excluding hydrogens is 302 g/mol. The Morgan fingerprint density at radius 3 is 2.73 bits per heavy atom. The third-order valence-corrected chi connectivity index (χ3v) is 4.33. The Bertz CT molecular complexity index is 649. The van der Waals surface area contributed by atoms with Gasteiger partial charge in [-0.1, -0.05) is 17.7 Å². The van der Waals surface area contributed by atoms with Gasteiger partial charge in [0.2, 0.25) is 0 Å². The molecule has 2 aromatic heterocycles. The zero-order valence-electron chi connectivity index (χ0n) is 12.4. The molecule has 0 atom stereocenters. The van der Waals surface area contributed by atoms with Gasteiger partial charge >= 0.3 is 0 Å². The number of H-pyrrole nitrogens is 1. The summed E-state index contributed by atoms with van der Waals surface area (Å²) in [5.74, 6) is -0.102. The molecular formula is C15H18ClN5O. The lowest BCUT2D eigenvalue weighted by atomic mass is 10.2. The van der Waals surface area contributed by atoms with E-state index in [1.165, 1.54) is 5.56 Å². The van der Waals surface area contributed by atoms with Gasteiger partial charge in [0, 0.05) is 45.1 Å². The van der Waals surface area contributed by atoms with Crippen LogP contribution in [0.2, 0.25) is 5.02 Å². The fourth-order valence-electron chi connectivity index (χ4n) is 2.57. The maximum absolute atomic E-state index is 12.4. The lowest BCUT2D eigenvalue weighted by Crippen LogP contribution is -2.48.